The zero-order valence-electron chi connectivity index (χ0n) is 12.7. The Morgan fingerprint density at radius 2 is 2.23 bits per heavy atom. The average Bonchev–Trinajstić information content (AvgIpc) is 2.52. The van der Waals surface area contributed by atoms with Crippen molar-refractivity contribution in [2.75, 3.05) is 11.4 Å². The summed E-state index contributed by atoms with van der Waals surface area (Å²) in [5.41, 5.74) is 7.54. The lowest BCUT2D eigenvalue weighted by Crippen LogP contribution is -2.49. The van der Waals surface area contributed by atoms with Crippen LogP contribution in [0.5, 0.6) is 5.75 Å². The summed E-state index contributed by atoms with van der Waals surface area (Å²) in [6, 6.07) is 9.24. The van der Waals surface area contributed by atoms with E-state index in [0.29, 0.717) is 24.4 Å². The van der Waals surface area contributed by atoms with Gasteiger partial charge < -0.3 is 15.4 Å². The number of fused-ring (bicyclic) bond motifs is 1. The van der Waals surface area contributed by atoms with Crippen molar-refractivity contribution in [3.05, 3.63) is 53.9 Å². The van der Waals surface area contributed by atoms with E-state index in [1.807, 2.05) is 32.0 Å². The van der Waals surface area contributed by atoms with Crippen LogP contribution in [0.1, 0.15) is 29.8 Å². The Morgan fingerprint density at radius 3 is 2.91 bits per heavy atom. The van der Waals surface area contributed by atoms with E-state index in [1.54, 1.807) is 29.4 Å². The molecule has 0 bridgehead atoms. The number of ether oxygens (including phenoxy) is 1. The summed E-state index contributed by atoms with van der Waals surface area (Å²) in [5, 5.41) is 0. The molecule has 0 unspecified atom stereocenters. The van der Waals surface area contributed by atoms with Gasteiger partial charge in [-0.1, -0.05) is 6.07 Å². The van der Waals surface area contributed by atoms with E-state index in [2.05, 4.69) is 4.98 Å². The lowest BCUT2D eigenvalue weighted by Gasteiger charge is -2.39. The molecule has 1 amide bonds. The Balaban J connectivity index is 2.04. The minimum atomic E-state index is -0.460. The molecule has 1 aromatic carbocycles. The van der Waals surface area contributed by atoms with Crippen molar-refractivity contribution >= 4 is 11.6 Å². The van der Waals surface area contributed by atoms with Crippen LogP contribution in [0.3, 0.4) is 0 Å². The number of nitrogens with zero attached hydrogens (tertiary/aromatic N) is 2. The maximum absolute atomic E-state index is 12.8. The standard InChI is InChI=1S/C17H19N3O2/c1-17(2)11-20(16(21)13-4-3-7-19-10-13)14-6-5-12(9-18)8-15(14)22-17/h3-8,10H,9,11,18H2,1-2H3. The Hall–Kier alpha value is -2.40. The highest BCUT2D eigenvalue weighted by molar-refractivity contribution is 6.07. The van der Waals surface area contributed by atoms with E-state index < -0.39 is 5.60 Å². The van der Waals surface area contributed by atoms with Gasteiger partial charge in [-0.05, 0) is 43.7 Å². The van der Waals surface area contributed by atoms with Gasteiger partial charge in [0.25, 0.3) is 5.91 Å². The highest BCUT2D eigenvalue weighted by atomic mass is 16.5. The fourth-order valence-corrected chi connectivity index (χ4v) is 2.61. The first-order valence-electron chi connectivity index (χ1n) is 7.24. The Kier molecular flexibility index (Phi) is 3.58. The third-order valence-corrected chi connectivity index (χ3v) is 3.63. The third-order valence-electron chi connectivity index (χ3n) is 3.63. The smallest absolute Gasteiger partial charge is 0.260 e. The van der Waals surface area contributed by atoms with E-state index in [4.69, 9.17) is 10.5 Å². The number of hydrogen-bond donors (Lipinski definition) is 1. The lowest BCUT2D eigenvalue weighted by atomic mass is 10.0. The van der Waals surface area contributed by atoms with E-state index in [9.17, 15) is 4.79 Å². The Morgan fingerprint density at radius 1 is 1.41 bits per heavy atom. The number of carbonyl (C=O) groups excluding carboxylic acids is 1. The van der Waals surface area contributed by atoms with Gasteiger partial charge in [0, 0.05) is 18.9 Å². The second kappa shape index (κ2) is 5.42. The van der Waals surface area contributed by atoms with Gasteiger partial charge in [0.05, 0.1) is 17.8 Å². The number of rotatable bonds is 2. The highest BCUT2D eigenvalue weighted by Gasteiger charge is 2.35. The van der Waals surface area contributed by atoms with Crippen LogP contribution in [0.15, 0.2) is 42.7 Å². The summed E-state index contributed by atoms with van der Waals surface area (Å²) in [5.74, 6) is 0.614. The van der Waals surface area contributed by atoms with Crippen molar-refractivity contribution in [1.29, 1.82) is 0 Å². The number of amides is 1. The molecule has 2 aromatic rings. The first kappa shape index (κ1) is 14.5. The molecule has 1 aliphatic heterocycles. The zero-order chi connectivity index (χ0) is 15.7. The van der Waals surface area contributed by atoms with Crippen LogP contribution in [0.4, 0.5) is 5.69 Å². The summed E-state index contributed by atoms with van der Waals surface area (Å²) in [4.78, 5) is 18.6. The van der Waals surface area contributed by atoms with Crippen molar-refractivity contribution in [1.82, 2.24) is 4.98 Å². The van der Waals surface area contributed by atoms with E-state index in [-0.39, 0.29) is 5.91 Å². The van der Waals surface area contributed by atoms with E-state index in [1.165, 1.54) is 0 Å². The van der Waals surface area contributed by atoms with Crippen molar-refractivity contribution in [3.8, 4) is 5.75 Å². The summed E-state index contributed by atoms with van der Waals surface area (Å²) >= 11 is 0. The summed E-state index contributed by atoms with van der Waals surface area (Å²) in [7, 11) is 0. The molecule has 0 spiro atoms. The number of aromatic nitrogens is 1. The molecule has 0 aliphatic carbocycles. The molecule has 3 rings (SSSR count). The molecule has 1 aromatic heterocycles. The maximum atomic E-state index is 12.8. The number of anilines is 1. The maximum Gasteiger partial charge on any atom is 0.260 e. The fraction of sp³-hybridized carbons (Fsp3) is 0.294. The van der Waals surface area contributed by atoms with Gasteiger partial charge in [0.1, 0.15) is 11.4 Å². The summed E-state index contributed by atoms with van der Waals surface area (Å²) in [6.45, 7) is 4.85. The lowest BCUT2D eigenvalue weighted by molar-refractivity contribution is 0.0836. The predicted molar refractivity (Wildman–Crippen MR) is 85.0 cm³/mol. The molecule has 0 radical (unpaired) electrons. The number of nitrogens with two attached hydrogens (primary N) is 1. The zero-order valence-corrected chi connectivity index (χ0v) is 12.7. The summed E-state index contributed by atoms with van der Waals surface area (Å²) < 4.78 is 6.01. The van der Waals surface area contributed by atoms with Crippen molar-refractivity contribution in [2.24, 2.45) is 5.73 Å². The van der Waals surface area contributed by atoms with Crippen molar-refractivity contribution < 1.29 is 9.53 Å². The van der Waals surface area contributed by atoms with Gasteiger partial charge in [-0.25, -0.2) is 0 Å². The first-order valence-corrected chi connectivity index (χ1v) is 7.24. The molecule has 0 saturated carbocycles. The van der Waals surface area contributed by atoms with Crippen LogP contribution in [-0.2, 0) is 6.54 Å². The second-order valence-electron chi connectivity index (χ2n) is 6.00. The summed E-state index contributed by atoms with van der Waals surface area (Å²) in [6.07, 6.45) is 3.24. The van der Waals surface area contributed by atoms with E-state index in [0.717, 1.165) is 11.3 Å². The Labute approximate surface area is 129 Å². The molecular weight excluding hydrogens is 278 g/mol. The molecule has 5 heteroatoms. The molecule has 0 saturated heterocycles. The van der Waals surface area contributed by atoms with Gasteiger partial charge in [-0.3, -0.25) is 9.78 Å². The molecule has 22 heavy (non-hydrogen) atoms. The van der Waals surface area contributed by atoms with Gasteiger partial charge in [0.15, 0.2) is 0 Å². The van der Waals surface area contributed by atoms with Crippen LogP contribution in [0.2, 0.25) is 0 Å². The minimum Gasteiger partial charge on any atom is -0.484 e. The number of pyridine rings is 1. The van der Waals surface area contributed by atoms with Crippen molar-refractivity contribution in [3.63, 3.8) is 0 Å². The van der Waals surface area contributed by atoms with Gasteiger partial charge in [-0.2, -0.15) is 0 Å². The monoisotopic (exact) mass is 297 g/mol. The molecular formula is C17H19N3O2. The number of carbonyl (C=O) groups is 1. The van der Waals surface area contributed by atoms with Crippen LogP contribution >= 0.6 is 0 Å². The topological polar surface area (TPSA) is 68.5 Å². The normalized spacial score (nSPS) is 15.9. The van der Waals surface area contributed by atoms with Gasteiger partial charge in [-0.15, -0.1) is 0 Å². The highest BCUT2D eigenvalue weighted by Crippen LogP contribution is 2.38. The molecule has 2 heterocycles. The van der Waals surface area contributed by atoms with Gasteiger partial charge in [0.2, 0.25) is 0 Å². The number of benzene rings is 1. The van der Waals surface area contributed by atoms with Crippen LogP contribution in [0, 0.1) is 0 Å². The SMILES string of the molecule is CC1(C)CN(C(=O)c2cccnc2)c2ccc(CN)cc2O1. The average molecular weight is 297 g/mol. The van der Waals surface area contributed by atoms with Crippen LogP contribution < -0.4 is 15.4 Å². The van der Waals surface area contributed by atoms with E-state index >= 15 is 0 Å². The predicted octanol–water partition coefficient (Wildman–Crippen LogP) is 2.36. The third kappa shape index (κ3) is 2.67. The van der Waals surface area contributed by atoms with Gasteiger partial charge >= 0.3 is 0 Å². The molecule has 114 valence electrons. The van der Waals surface area contributed by atoms with Crippen LogP contribution in [-0.4, -0.2) is 23.0 Å². The molecule has 2 N–H and O–H groups in total. The van der Waals surface area contributed by atoms with Crippen LogP contribution in [0.25, 0.3) is 0 Å². The second-order valence-corrected chi connectivity index (χ2v) is 6.00. The quantitative estimate of drug-likeness (QED) is 0.924. The van der Waals surface area contributed by atoms with Crippen molar-refractivity contribution in [2.45, 2.75) is 26.0 Å². The Bertz CT molecular complexity index is 698. The largest absolute Gasteiger partial charge is 0.484 e. The molecule has 0 atom stereocenters. The first-order chi connectivity index (χ1) is 10.5. The molecule has 5 nitrogen and oxygen atoms in total. The molecule has 0 fully saturated rings. The molecule has 1 aliphatic rings. The number of hydrogen-bond acceptors (Lipinski definition) is 4. The minimum absolute atomic E-state index is 0.0776. The fourth-order valence-electron chi connectivity index (χ4n) is 2.61.